The van der Waals surface area contributed by atoms with Gasteiger partial charge in [0.05, 0.1) is 6.04 Å². The van der Waals surface area contributed by atoms with Crippen molar-refractivity contribution in [2.24, 2.45) is 0 Å². The minimum Gasteiger partial charge on any atom is -0.486 e. The molecule has 0 radical (unpaired) electrons. The molecule has 0 spiro atoms. The van der Waals surface area contributed by atoms with Crippen LogP contribution in [0.25, 0.3) is 0 Å². The van der Waals surface area contributed by atoms with Crippen molar-refractivity contribution < 1.29 is 9.47 Å². The van der Waals surface area contributed by atoms with Crippen molar-refractivity contribution in [1.82, 2.24) is 9.97 Å². The Balaban J connectivity index is 1.84. The van der Waals surface area contributed by atoms with E-state index < -0.39 is 0 Å². The van der Waals surface area contributed by atoms with Crippen LogP contribution < -0.4 is 20.5 Å². The third-order valence-corrected chi connectivity index (χ3v) is 3.83. The molecule has 0 amide bonds. The lowest BCUT2D eigenvalue weighted by Crippen LogP contribution is -2.16. The summed E-state index contributed by atoms with van der Waals surface area (Å²) in [6.45, 7) is 7.15. The summed E-state index contributed by atoms with van der Waals surface area (Å²) >= 11 is 0. The van der Waals surface area contributed by atoms with Gasteiger partial charge in [0, 0.05) is 11.3 Å². The minimum absolute atomic E-state index is 0.0585. The largest absolute Gasteiger partial charge is 0.486 e. The first-order valence-electron chi connectivity index (χ1n) is 7.31. The molecule has 6 nitrogen and oxygen atoms in total. The van der Waals surface area contributed by atoms with Crippen LogP contribution in [-0.4, -0.2) is 23.2 Å². The van der Waals surface area contributed by atoms with Crippen LogP contribution in [0.1, 0.15) is 29.8 Å². The second-order valence-electron chi connectivity index (χ2n) is 5.41. The molecule has 0 saturated carbocycles. The number of fused-ring (bicyclic) bond motifs is 1. The molecular formula is C16H20N4O2. The van der Waals surface area contributed by atoms with Crippen LogP contribution in [0.15, 0.2) is 18.2 Å². The first-order valence-corrected chi connectivity index (χ1v) is 7.31. The van der Waals surface area contributed by atoms with Gasteiger partial charge >= 0.3 is 0 Å². The number of ether oxygens (including phenoxy) is 2. The Morgan fingerprint density at radius 1 is 1.14 bits per heavy atom. The highest BCUT2D eigenvalue weighted by molar-refractivity contribution is 5.51. The predicted octanol–water partition coefficient (Wildman–Crippen LogP) is 2.62. The maximum absolute atomic E-state index is 5.74. The van der Waals surface area contributed by atoms with E-state index in [2.05, 4.69) is 22.2 Å². The Labute approximate surface area is 129 Å². The Kier molecular flexibility index (Phi) is 3.75. The van der Waals surface area contributed by atoms with E-state index in [0.29, 0.717) is 13.2 Å². The summed E-state index contributed by atoms with van der Waals surface area (Å²) in [5.41, 5.74) is 8.71. The van der Waals surface area contributed by atoms with E-state index in [1.165, 1.54) is 0 Å². The van der Waals surface area contributed by atoms with Gasteiger partial charge in [0.25, 0.3) is 0 Å². The molecule has 0 saturated heterocycles. The molecule has 2 heterocycles. The van der Waals surface area contributed by atoms with E-state index >= 15 is 0 Å². The summed E-state index contributed by atoms with van der Waals surface area (Å²) in [6, 6.07) is 6.02. The fourth-order valence-electron chi connectivity index (χ4n) is 2.41. The van der Waals surface area contributed by atoms with Crippen molar-refractivity contribution in [3.8, 4) is 11.5 Å². The maximum Gasteiger partial charge on any atom is 0.222 e. The number of rotatable bonds is 3. The second-order valence-corrected chi connectivity index (χ2v) is 5.41. The number of anilines is 2. The number of nitrogen functional groups attached to an aromatic ring is 1. The van der Waals surface area contributed by atoms with Crippen molar-refractivity contribution in [2.45, 2.75) is 26.8 Å². The first-order chi connectivity index (χ1) is 10.5. The molecule has 1 aliphatic heterocycles. The Morgan fingerprint density at radius 2 is 1.86 bits per heavy atom. The zero-order valence-corrected chi connectivity index (χ0v) is 13.0. The lowest BCUT2D eigenvalue weighted by atomic mass is 10.1. The molecule has 1 aromatic heterocycles. The van der Waals surface area contributed by atoms with Gasteiger partial charge in [0.2, 0.25) is 5.95 Å². The molecule has 0 aliphatic carbocycles. The molecule has 0 bridgehead atoms. The molecule has 6 heteroatoms. The van der Waals surface area contributed by atoms with Gasteiger partial charge < -0.3 is 20.5 Å². The van der Waals surface area contributed by atoms with Gasteiger partial charge in [-0.15, -0.1) is 0 Å². The number of aromatic nitrogens is 2. The van der Waals surface area contributed by atoms with E-state index in [1.807, 2.05) is 32.0 Å². The van der Waals surface area contributed by atoms with Crippen LogP contribution in [0.5, 0.6) is 11.5 Å². The molecule has 3 rings (SSSR count). The van der Waals surface area contributed by atoms with Crippen LogP contribution >= 0.6 is 0 Å². The van der Waals surface area contributed by atoms with Crippen molar-refractivity contribution in [3.05, 3.63) is 35.0 Å². The third-order valence-electron chi connectivity index (χ3n) is 3.83. The number of hydrogen-bond donors (Lipinski definition) is 2. The van der Waals surface area contributed by atoms with Crippen molar-refractivity contribution >= 4 is 11.8 Å². The number of aryl methyl sites for hydroxylation is 1. The molecule has 2 aromatic rings. The predicted molar refractivity (Wildman–Crippen MR) is 85.4 cm³/mol. The van der Waals surface area contributed by atoms with Crippen LogP contribution in [-0.2, 0) is 0 Å². The van der Waals surface area contributed by atoms with Crippen LogP contribution in [0.3, 0.4) is 0 Å². The van der Waals surface area contributed by atoms with Crippen molar-refractivity contribution in [3.63, 3.8) is 0 Å². The van der Waals surface area contributed by atoms with E-state index in [-0.39, 0.29) is 12.0 Å². The molecule has 1 aromatic carbocycles. The van der Waals surface area contributed by atoms with E-state index in [4.69, 9.17) is 15.2 Å². The average Bonchev–Trinajstić information content (AvgIpc) is 2.51. The highest BCUT2D eigenvalue weighted by atomic mass is 16.6. The second kappa shape index (κ2) is 5.71. The van der Waals surface area contributed by atoms with Gasteiger partial charge in [-0.2, -0.15) is 4.98 Å². The van der Waals surface area contributed by atoms with Gasteiger partial charge in [0.15, 0.2) is 11.5 Å². The van der Waals surface area contributed by atoms with E-state index in [0.717, 1.165) is 34.1 Å². The average molecular weight is 300 g/mol. The van der Waals surface area contributed by atoms with Crippen molar-refractivity contribution in [2.75, 3.05) is 24.3 Å². The summed E-state index contributed by atoms with van der Waals surface area (Å²) < 4.78 is 11.2. The Hall–Kier alpha value is -2.50. The first kappa shape index (κ1) is 14.4. The summed E-state index contributed by atoms with van der Waals surface area (Å²) in [4.78, 5) is 8.45. The quantitative estimate of drug-likeness (QED) is 0.906. The molecule has 22 heavy (non-hydrogen) atoms. The smallest absolute Gasteiger partial charge is 0.222 e. The molecule has 1 unspecified atom stereocenters. The number of nitrogens with two attached hydrogens (primary N) is 1. The number of nitrogens with one attached hydrogen (secondary N) is 1. The highest BCUT2D eigenvalue weighted by Gasteiger charge is 2.16. The Morgan fingerprint density at radius 3 is 2.64 bits per heavy atom. The van der Waals surface area contributed by atoms with Crippen molar-refractivity contribution in [1.29, 1.82) is 0 Å². The summed E-state index contributed by atoms with van der Waals surface area (Å²) in [6.07, 6.45) is 0. The van der Waals surface area contributed by atoms with Crippen LogP contribution in [0.4, 0.5) is 11.8 Å². The summed E-state index contributed by atoms with van der Waals surface area (Å²) in [5, 5.41) is 3.39. The van der Waals surface area contributed by atoms with Crippen LogP contribution in [0, 0.1) is 13.8 Å². The topological polar surface area (TPSA) is 82.3 Å². The number of benzene rings is 1. The molecule has 0 fully saturated rings. The fraction of sp³-hybridized carbons (Fsp3) is 0.375. The molecule has 116 valence electrons. The standard InChI is InChI=1S/C16H20N4O2/c1-9-10(2)19-16(17)20-15(9)18-11(3)12-4-5-13-14(8-12)22-7-6-21-13/h4-5,8,11H,6-7H2,1-3H3,(H3,17,18,19,20). The van der Waals surface area contributed by atoms with Gasteiger partial charge in [0.1, 0.15) is 19.0 Å². The Bertz CT molecular complexity index is 703. The third kappa shape index (κ3) is 2.77. The zero-order chi connectivity index (χ0) is 15.7. The number of hydrogen-bond acceptors (Lipinski definition) is 6. The normalized spacial score (nSPS) is 14.5. The minimum atomic E-state index is 0.0585. The maximum atomic E-state index is 5.74. The molecule has 1 aliphatic rings. The molecular weight excluding hydrogens is 280 g/mol. The van der Waals surface area contributed by atoms with E-state index in [9.17, 15) is 0 Å². The lowest BCUT2D eigenvalue weighted by Gasteiger charge is -2.22. The van der Waals surface area contributed by atoms with E-state index in [1.54, 1.807) is 0 Å². The van der Waals surface area contributed by atoms with Crippen LogP contribution in [0.2, 0.25) is 0 Å². The van der Waals surface area contributed by atoms with Gasteiger partial charge in [-0.3, -0.25) is 0 Å². The highest BCUT2D eigenvalue weighted by Crippen LogP contribution is 2.33. The molecule has 3 N–H and O–H groups in total. The lowest BCUT2D eigenvalue weighted by molar-refractivity contribution is 0.171. The molecule has 1 atom stereocenters. The van der Waals surface area contributed by atoms with Gasteiger partial charge in [-0.25, -0.2) is 4.98 Å². The summed E-state index contributed by atoms with van der Waals surface area (Å²) in [7, 11) is 0. The summed E-state index contributed by atoms with van der Waals surface area (Å²) in [5.74, 6) is 2.61. The van der Waals surface area contributed by atoms with Gasteiger partial charge in [-0.1, -0.05) is 6.07 Å². The monoisotopic (exact) mass is 300 g/mol. The fourth-order valence-corrected chi connectivity index (χ4v) is 2.41. The SMILES string of the molecule is Cc1nc(N)nc(NC(C)c2ccc3c(c2)OCCO3)c1C. The zero-order valence-electron chi connectivity index (χ0n) is 13.0. The number of nitrogens with zero attached hydrogens (tertiary/aromatic N) is 2. The van der Waals surface area contributed by atoms with Gasteiger partial charge in [-0.05, 0) is 38.5 Å².